The van der Waals surface area contributed by atoms with E-state index in [-0.39, 0.29) is 22.1 Å². The number of ether oxygens (including phenoxy) is 2. The molecule has 0 bridgehead atoms. The number of nitrogens with zero attached hydrogens (tertiary/aromatic N) is 1. The fraction of sp³-hybridized carbons (Fsp3) is 0.409. The minimum atomic E-state index is -3.87. The standard InChI is InChI=1S/C22H28N2O5S/c1-14(2)21(25)24-13-22(3,4)17-12-16(8-10-19(17)24)30(26,27)23-18-9-7-15(28-5)11-20(18)29-6/h7-12,14,23H,13H2,1-6H3. The number of hydrogen-bond donors (Lipinski definition) is 1. The van der Waals surface area contributed by atoms with E-state index in [2.05, 4.69) is 4.72 Å². The summed E-state index contributed by atoms with van der Waals surface area (Å²) in [6.45, 7) is 8.25. The molecule has 1 heterocycles. The summed E-state index contributed by atoms with van der Waals surface area (Å²) in [6.07, 6.45) is 0. The summed E-state index contributed by atoms with van der Waals surface area (Å²) >= 11 is 0. The highest BCUT2D eigenvalue weighted by Crippen LogP contribution is 2.42. The minimum absolute atomic E-state index is 0.0264. The Labute approximate surface area is 178 Å². The van der Waals surface area contributed by atoms with E-state index >= 15 is 0 Å². The Hall–Kier alpha value is -2.74. The predicted octanol–water partition coefficient (Wildman–Crippen LogP) is 3.78. The van der Waals surface area contributed by atoms with Gasteiger partial charge in [0.1, 0.15) is 11.5 Å². The van der Waals surface area contributed by atoms with Gasteiger partial charge in [0, 0.05) is 29.6 Å². The molecule has 1 aliphatic heterocycles. The second-order valence-corrected chi connectivity index (χ2v) is 10.00. The molecule has 2 aromatic carbocycles. The summed E-state index contributed by atoms with van der Waals surface area (Å²) in [6, 6.07) is 9.75. The van der Waals surface area contributed by atoms with Crippen molar-refractivity contribution in [3.8, 4) is 11.5 Å². The van der Waals surface area contributed by atoms with Crippen LogP contribution >= 0.6 is 0 Å². The van der Waals surface area contributed by atoms with Crippen molar-refractivity contribution in [3.63, 3.8) is 0 Å². The lowest BCUT2D eigenvalue weighted by atomic mass is 9.87. The van der Waals surface area contributed by atoms with Crippen LogP contribution in [-0.4, -0.2) is 35.1 Å². The van der Waals surface area contributed by atoms with Gasteiger partial charge < -0.3 is 14.4 Å². The second-order valence-electron chi connectivity index (χ2n) is 8.31. The minimum Gasteiger partial charge on any atom is -0.497 e. The maximum Gasteiger partial charge on any atom is 0.262 e. The molecule has 7 nitrogen and oxygen atoms in total. The monoisotopic (exact) mass is 432 g/mol. The van der Waals surface area contributed by atoms with Gasteiger partial charge in [0.2, 0.25) is 5.91 Å². The number of anilines is 2. The smallest absolute Gasteiger partial charge is 0.262 e. The molecule has 1 aliphatic rings. The Balaban J connectivity index is 1.98. The third-order valence-electron chi connectivity index (χ3n) is 5.26. The van der Waals surface area contributed by atoms with Crippen LogP contribution in [0.2, 0.25) is 0 Å². The number of fused-ring (bicyclic) bond motifs is 1. The van der Waals surface area contributed by atoms with Crippen molar-refractivity contribution in [1.29, 1.82) is 0 Å². The van der Waals surface area contributed by atoms with Gasteiger partial charge in [-0.15, -0.1) is 0 Å². The first-order valence-corrected chi connectivity index (χ1v) is 11.2. The first-order chi connectivity index (χ1) is 14.0. The van der Waals surface area contributed by atoms with E-state index in [1.54, 1.807) is 35.2 Å². The summed E-state index contributed by atoms with van der Waals surface area (Å²) in [5.74, 6) is 0.801. The van der Waals surface area contributed by atoms with E-state index in [1.807, 2.05) is 27.7 Å². The summed E-state index contributed by atoms with van der Waals surface area (Å²) in [7, 11) is -0.876. The van der Waals surface area contributed by atoms with Crippen LogP contribution in [0.4, 0.5) is 11.4 Å². The number of amides is 1. The van der Waals surface area contributed by atoms with Gasteiger partial charge >= 0.3 is 0 Å². The normalized spacial score (nSPS) is 15.1. The largest absolute Gasteiger partial charge is 0.497 e. The quantitative estimate of drug-likeness (QED) is 0.751. The molecule has 8 heteroatoms. The van der Waals surface area contributed by atoms with Gasteiger partial charge in [-0.25, -0.2) is 8.42 Å². The fourth-order valence-corrected chi connectivity index (χ4v) is 4.72. The van der Waals surface area contributed by atoms with Gasteiger partial charge in [-0.3, -0.25) is 9.52 Å². The van der Waals surface area contributed by atoms with Crippen molar-refractivity contribution in [3.05, 3.63) is 42.0 Å². The highest BCUT2D eigenvalue weighted by Gasteiger charge is 2.39. The zero-order valence-corrected chi connectivity index (χ0v) is 19.0. The first kappa shape index (κ1) is 22.0. The molecule has 0 unspecified atom stereocenters. The Kier molecular flexibility index (Phi) is 5.73. The molecule has 0 aliphatic carbocycles. The summed E-state index contributed by atoms with van der Waals surface area (Å²) < 4.78 is 39.2. The molecule has 2 aromatic rings. The number of hydrogen-bond acceptors (Lipinski definition) is 5. The molecule has 0 fully saturated rings. The fourth-order valence-electron chi connectivity index (χ4n) is 3.62. The van der Waals surface area contributed by atoms with Gasteiger partial charge in [-0.2, -0.15) is 0 Å². The Morgan fingerprint density at radius 3 is 2.40 bits per heavy atom. The van der Waals surface area contributed by atoms with Crippen LogP contribution in [-0.2, 0) is 20.2 Å². The molecule has 0 atom stereocenters. The molecule has 30 heavy (non-hydrogen) atoms. The highest BCUT2D eigenvalue weighted by molar-refractivity contribution is 7.92. The third kappa shape index (κ3) is 3.96. The molecular weight excluding hydrogens is 404 g/mol. The summed E-state index contributed by atoms with van der Waals surface area (Å²) in [5.41, 5.74) is 1.55. The van der Waals surface area contributed by atoms with Gasteiger partial charge in [0.15, 0.2) is 0 Å². The zero-order chi connectivity index (χ0) is 22.3. The van der Waals surface area contributed by atoms with E-state index in [0.717, 1.165) is 11.3 Å². The number of rotatable bonds is 6. The van der Waals surface area contributed by atoms with Crippen molar-refractivity contribution in [2.24, 2.45) is 5.92 Å². The van der Waals surface area contributed by atoms with Crippen LogP contribution in [0.15, 0.2) is 41.3 Å². The van der Waals surface area contributed by atoms with Crippen LogP contribution in [0.3, 0.4) is 0 Å². The SMILES string of the molecule is COc1ccc(NS(=O)(=O)c2ccc3c(c2)C(C)(C)CN3C(=O)C(C)C)c(OC)c1. The van der Waals surface area contributed by atoms with Crippen LogP contribution in [0.1, 0.15) is 33.3 Å². The van der Waals surface area contributed by atoms with Crippen molar-refractivity contribution >= 4 is 27.3 Å². The molecule has 1 amide bonds. The molecule has 0 aromatic heterocycles. The predicted molar refractivity (Wildman–Crippen MR) is 117 cm³/mol. The summed E-state index contributed by atoms with van der Waals surface area (Å²) in [5, 5.41) is 0. The molecule has 0 saturated heterocycles. The average molecular weight is 433 g/mol. The Morgan fingerprint density at radius 2 is 1.80 bits per heavy atom. The Morgan fingerprint density at radius 1 is 1.10 bits per heavy atom. The Bertz CT molecular complexity index is 1080. The maximum atomic E-state index is 13.1. The molecule has 3 rings (SSSR count). The van der Waals surface area contributed by atoms with E-state index in [1.165, 1.54) is 20.3 Å². The van der Waals surface area contributed by atoms with Gasteiger partial charge in [0.25, 0.3) is 10.0 Å². The van der Waals surface area contributed by atoms with Crippen LogP contribution in [0.5, 0.6) is 11.5 Å². The van der Waals surface area contributed by atoms with E-state index in [9.17, 15) is 13.2 Å². The molecule has 1 N–H and O–H groups in total. The molecular formula is C22H28N2O5S. The zero-order valence-electron chi connectivity index (χ0n) is 18.1. The molecule has 162 valence electrons. The number of carbonyl (C=O) groups is 1. The van der Waals surface area contributed by atoms with E-state index in [0.29, 0.717) is 23.7 Å². The number of sulfonamides is 1. The van der Waals surface area contributed by atoms with Gasteiger partial charge in [-0.1, -0.05) is 27.7 Å². The van der Waals surface area contributed by atoms with Crippen molar-refractivity contribution < 1.29 is 22.7 Å². The van der Waals surface area contributed by atoms with Crippen LogP contribution < -0.4 is 19.1 Å². The van der Waals surface area contributed by atoms with Crippen molar-refractivity contribution in [2.75, 3.05) is 30.4 Å². The molecule has 0 radical (unpaired) electrons. The lowest BCUT2D eigenvalue weighted by Crippen LogP contribution is -2.36. The van der Waals surface area contributed by atoms with Crippen molar-refractivity contribution in [2.45, 2.75) is 38.0 Å². The lowest BCUT2D eigenvalue weighted by Gasteiger charge is -2.22. The number of methoxy groups -OCH3 is 2. The van der Waals surface area contributed by atoms with Crippen LogP contribution in [0, 0.1) is 5.92 Å². The molecule has 0 spiro atoms. The van der Waals surface area contributed by atoms with E-state index in [4.69, 9.17) is 9.47 Å². The molecule has 0 saturated carbocycles. The summed E-state index contributed by atoms with van der Waals surface area (Å²) in [4.78, 5) is 14.5. The third-order valence-corrected chi connectivity index (χ3v) is 6.63. The number of nitrogens with one attached hydrogen (secondary N) is 1. The highest BCUT2D eigenvalue weighted by atomic mass is 32.2. The second kappa shape index (κ2) is 7.83. The van der Waals surface area contributed by atoms with Crippen molar-refractivity contribution in [1.82, 2.24) is 0 Å². The first-order valence-electron chi connectivity index (χ1n) is 9.71. The van der Waals surface area contributed by atoms with Gasteiger partial charge in [0.05, 0.1) is 24.8 Å². The lowest BCUT2D eigenvalue weighted by molar-refractivity contribution is -0.121. The van der Waals surface area contributed by atoms with Crippen LogP contribution in [0.25, 0.3) is 0 Å². The van der Waals surface area contributed by atoms with Gasteiger partial charge in [-0.05, 0) is 35.9 Å². The topological polar surface area (TPSA) is 84.9 Å². The maximum absolute atomic E-state index is 13.1. The number of carbonyl (C=O) groups excluding carboxylic acids is 1. The van der Waals surface area contributed by atoms with E-state index < -0.39 is 10.0 Å². The average Bonchev–Trinajstić information content (AvgIpc) is 2.97. The number of benzene rings is 2.